The zero-order chi connectivity index (χ0) is 16.5. The molecule has 4 rings (SSSR count). The van der Waals surface area contributed by atoms with Gasteiger partial charge in [0.25, 0.3) is 0 Å². The van der Waals surface area contributed by atoms with Gasteiger partial charge in [0.1, 0.15) is 5.75 Å². The van der Waals surface area contributed by atoms with Crippen LogP contribution in [0.15, 0.2) is 36.4 Å². The third-order valence-electron chi connectivity index (χ3n) is 4.60. The lowest BCUT2D eigenvalue weighted by molar-refractivity contribution is 0.0235. The lowest BCUT2D eigenvalue weighted by Crippen LogP contribution is -2.39. The van der Waals surface area contributed by atoms with Gasteiger partial charge in [-0.05, 0) is 30.7 Å². The Hall–Kier alpha value is -2.24. The molecule has 0 radical (unpaired) electrons. The molecule has 24 heavy (non-hydrogen) atoms. The summed E-state index contributed by atoms with van der Waals surface area (Å²) in [5.41, 5.74) is 3.12. The van der Waals surface area contributed by atoms with Crippen molar-refractivity contribution < 1.29 is 19.3 Å². The van der Waals surface area contributed by atoms with Crippen molar-refractivity contribution in [2.45, 2.75) is 13.0 Å². The molecule has 2 aliphatic heterocycles. The number of morpholine rings is 1. The van der Waals surface area contributed by atoms with Crippen LogP contribution in [-0.2, 0) is 4.74 Å². The van der Waals surface area contributed by atoms with Gasteiger partial charge in [-0.1, -0.05) is 23.8 Å². The fourth-order valence-electron chi connectivity index (χ4n) is 3.40. The van der Waals surface area contributed by atoms with Crippen molar-refractivity contribution in [3.63, 3.8) is 0 Å². The van der Waals surface area contributed by atoms with E-state index in [2.05, 4.69) is 17.0 Å². The maximum absolute atomic E-state index is 10.5. The summed E-state index contributed by atoms with van der Waals surface area (Å²) in [5.74, 6) is 1.85. The van der Waals surface area contributed by atoms with E-state index in [9.17, 15) is 5.11 Å². The van der Waals surface area contributed by atoms with Crippen LogP contribution in [0.3, 0.4) is 0 Å². The summed E-state index contributed by atoms with van der Waals surface area (Å²) in [4.78, 5) is 2.34. The third kappa shape index (κ3) is 2.81. The number of nitrogens with zero attached hydrogens (tertiary/aromatic N) is 1. The van der Waals surface area contributed by atoms with E-state index in [1.165, 1.54) is 0 Å². The number of aryl methyl sites for hydroxylation is 1. The molecule has 2 aliphatic rings. The second-order valence-corrected chi connectivity index (χ2v) is 6.23. The van der Waals surface area contributed by atoms with E-state index in [0.717, 1.165) is 41.3 Å². The van der Waals surface area contributed by atoms with E-state index in [1.54, 1.807) is 6.07 Å². The Morgan fingerprint density at radius 2 is 1.79 bits per heavy atom. The molecule has 0 unspecified atom stereocenters. The third-order valence-corrected chi connectivity index (χ3v) is 4.60. The fraction of sp³-hybridized carbons (Fsp3) is 0.368. The molecule has 2 aromatic carbocycles. The lowest BCUT2D eigenvalue weighted by atomic mass is 9.94. The zero-order valence-electron chi connectivity index (χ0n) is 13.7. The van der Waals surface area contributed by atoms with E-state index >= 15 is 0 Å². The first kappa shape index (κ1) is 15.3. The minimum absolute atomic E-state index is 0.0386. The maximum atomic E-state index is 10.5. The van der Waals surface area contributed by atoms with Gasteiger partial charge in [-0.2, -0.15) is 0 Å². The molecule has 1 fully saturated rings. The normalized spacial score (nSPS) is 18.5. The number of aromatic hydroxyl groups is 1. The minimum Gasteiger partial charge on any atom is -0.508 e. The molecule has 0 aromatic heterocycles. The van der Waals surface area contributed by atoms with Crippen molar-refractivity contribution >= 4 is 0 Å². The molecular weight excluding hydrogens is 306 g/mol. The van der Waals surface area contributed by atoms with Crippen LogP contribution in [0, 0.1) is 6.92 Å². The largest absolute Gasteiger partial charge is 0.508 e. The van der Waals surface area contributed by atoms with Crippen LogP contribution in [0.4, 0.5) is 0 Å². The summed E-state index contributed by atoms with van der Waals surface area (Å²) in [6.07, 6.45) is 0. The first-order valence-electron chi connectivity index (χ1n) is 8.23. The van der Waals surface area contributed by atoms with Crippen LogP contribution in [0.2, 0.25) is 0 Å². The standard InChI is InChI=1S/C19H21NO4/c1-13-2-4-16(21)15(10-13)19(20-6-8-22-9-7-20)14-3-5-17-18(11-14)24-12-23-17/h2-5,10-11,19,21H,6-9,12H2,1H3/t19-/m0/s1. The van der Waals surface area contributed by atoms with Crippen LogP contribution < -0.4 is 9.47 Å². The summed E-state index contributed by atoms with van der Waals surface area (Å²) in [7, 11) is 0. The Labute approximate surface area is 141 Å². The van der Waals surface area contributed by atoms with Crippen molar-refractivity contribution in [2.24, 2.45) is 0 Å². The maximum Gasteiger partial charge on any atom is 0.231 e. The first-order chi connectivity index (χ1) is 11.7. The molecular formula is C19H21NO4. The van der Waals surface area contributed by atoms with Gasteiger partial charge in [-0.25, -0.2) is 0 Å². The second-order valence-electron chi connectivity index (χ2n) is 6.23. The van der Waals surface area contributed by atoms with Gasteiger partial charge >= 0.3 is 0 Å². The van der Waals surface area contributed by atoms with Crippen molar-refractivity contribution in [1.29, 1.82) is 0 Å². The van der Waals surface area contributed by atoms with Gasteiger partial charge in [-0.15, -0.1) is 0 Å². The number of benzene rings is 2. The number of hydrogen-bond acceptors (Lipinski definition) is 5. The highest BCUT2D eigenvalue weighted by Crippen LogP contribution is 2.40. The summed E-state index contributed by atoms with van der Waals surface area (Å²) in [6.45, 7) is 5.36. The van der Waals surface area contributed by atoms with Crippen molar-refractivity contribution in [1.82, 2.24) is 4.90 Å². The van der Waals surface area contributed by atoms with Gasteiger partial charge in [0.15, 0.2) is 11.5 Å². The van der Waals surface area contributed by atoms with Crippen molar-refractivity contribution in [3.8, 4) is 17.2 Å². The molecule has 0 bridgehead atoms. The second kappa shape index (κ2) is 6.34. The Morgan fingerprint density at radius 1 is 1.00 bits per heavy atom. The van der Waals surface area contributed by atoms with Crippen LogP contribution in [0.25, 0.3) is 0 Å². The van der Waals surface area contributed by atoms with Crippen LogP contribution in [0.5, 0.6) is 17.2 Å². The average Bonchev–Trinajstić information content (AvgIpc) is 3.07. The zero-order valence-corrected chi connectivity index (χ0v) is 13.7. The van der Waals surface area contributed by atoms with Crippen molar-refractivity contribution in [2.75, 3.05) is 33.1 Å². The van der Waals surface area contributed by atoms with E-state index < -0.39 is 0 Å². The summed E-state index contributed by atoms with van der Waals surface area (Å²) < 4.78 is 16.5. The molecule has 1 atom stereocenters. The van der Waals surface area contributed by atoms with Crippen LogP contribution in [0.1, 0.15) is 22.7 Å². The first-order valence-corrected chi connectivity index (χ1v) is 8.23. The number of phenols is 1. The Kier molecular flexibility index (Phi) is 4.04. The monoisotopic (exact) mass is 327 g/mol. The number of rotatable bonds is 3. The van der Waals surface area contributed by atoms with Gasteiger partial charge in [0.2, 0.25) is 6.79 Å². The number of fused-ring (bicyclic) bond motifs is 1. The lowest BCUT2D eigenvalue weighted by Gasteiger charge is -2.35. The summed E-state index contributed by atoms with van der Waals surface area (Å²) >= 11 is 0. The van der Waals surface area contributed by atoms with E-state index in [4.69, 9.17) is 14.2 Å². The molecule has 126 valence electrons. The van der Waals surface area contributed by atoms with Gasteiger partial charge in [-0.3, -0.25) is 4.90 Å². The SMILES string of the molecule is Cc1ccc(O)c([C@H](c2ccc3c(c2)OCO3)N2CCOCC2)c1. The van der Waals surface area contributed by atoms with Gasteiger partial charge in [0, 0.05) is 18.7 Å². The number of ether oxygens (including phenoxy) is 3. The van der Waals surface area contributed by atoms with Crippen LogP contribution >= 0.6 is 0 Å². The molecule has 2 aromatic rings. The number of hydrogen-bond donors (Lipinski definition) is 1. The predicted octanol–water partition coefficient (Wildman–Crippen LogP) is 2.85. The Morgan fingerprint density at radius 3 is 2.62 bits per heavy atom. The van der Waals surface area contributed by atoms with Crippen molar-refractivity contribution in [3.05, 3.63) is 53.1 Å². The number of phenolic OH excluding ortho intramolecular Hbond substituents is 1. The van der Waals surface area contributed by atoms with E-state index in [1.807, 2.05) is 25.1 Å². The quantitative estimate of drug-likeness (QED) is 0.939. The van der Waals surface area contributed by atoms with Gasteiger partial charge in [0.05, 0.1) is 19.3 Å². The molecule has 0 spiro atoms. The predicted molar refractivity (Wildman–Crippen MR) is 89.6 cm³/mol. The van der Waals surface area contributed by atoms with Crippen LogP contribution in [-0.4, -0.2) is 43.1 Å². The molecule has 1 N–H and O–H groups in total. The highest BCUT2D eigenvalue weighted by atomic mass is 16.7. The smallest absolute Gasteiger partial charge is 0.231 e. The summed E-state index contributed by atoms with van der Waals surface area (Å²) in [6, 6.07) is 11.7. The summed E-state index contributed by atoms with van der Waals surface area (Å²) in [5, 5.41) is 10.5. The molecule has 5 nitrogen and oxygen atoms in total. The fourth-order valence-corrected chi connectivity index (χ4v) is 3.40. The topological polar surface area (TPSA) is 51.2 Å². The van der Waals surface area contributed by atoms with E-state index in [0.29, 0.717) is 19.0 Å². The molecule has 0 aliphatic carbocycles. The molecule has 2 heterocycles. The highest BCUT2D eigenvalue weighted by molar-refractivity contribution is 5.49. The van der Waals surface area contributed by atoms with E-state index in [-0.39, 0.29) is 12.8 Å². The molecule has 1 saturated heterocycles. The van der Waals surface area contributed by atoms with Gasteiger partial charge < -0.3 is 19.3 Å². The molecule has 0 saturated carbocycles. The molecule has 5 heteroatoms. The molecule has 0 amide bonds. The minimum atomic E-state index is -0.0386. The average molecular weight is 327 g/mol. The Bertz CT molecular complexity index is 740. The Balaban J connectivity index is 1.79. The highest BCUT2D eigenvalue weighted by Gasteiger charge is 2.28.